The Balaban J connectivity index is 1.99. The summed E-state index contributed by atoms with van der Waals surface area (Å²) in [4.78, 5) is 13.1. The molecule has 0 radical (unpaired) electrons. The van der Waals surface area contributed by atoms with Crippen molar-refractivity contribution in [2.24, 2.45) is 0 Å². The maximum atomic E-state index is 4.36. The van der Waals surface area contributed by atoms with Crippen LogP contribution in [0.3, 0.4) is 0 Å². The van der Waals surface area contributed by atoms with Gasteiger partial charge in [-0.25, -0.2) is 9.97 Å². The van der Waals surface area contributed by atoms with Crippen LogP contribution in [0.25, 0.3) is 0 Å². The van der Waals surface area contributed by atoms with Crippen LogP contribution in [0.15, 0.2) is 12.4 Å². The highest BCUT2D eigenvalue weighted by atomic mass is 15.2. The van der Waals surface area contributed by atoms with Crippen LogP contribution in [0.5, 0.6) is 0 Å². The predicted molar refractivity (Wildman–Crippen MR) is 73.7 cm³/mol. The largest absolute Gasteiger partial charge is 0.347 e. The standard InChI is InChI=1S/C13H23N5/c1-10-8-18(11(2)5-14-10)9-12-6-15-13(16-7-12)17(3)4/h6-7,10-11,14H,5,8-9H2,1-4H3. The third-order valence-corrected chi connectivity index (χ3v) is 3.37. The van der Waals surface area contributed by atoms with Crippen molar-refractivity contribution in [3.05, 3.63) is 18.0 Å². The Morgan fingerprint density at radius 2 is 2.00 bits per heavy atom. The molecule has 0 amide bonds. The summed E-state index contributed by atoms with van der Waals surface area (Å²) in [6.07, 6.45) is 3.86. The molecule has 1 aromatic rings. The van der Waals surface area contributed by atoms with Gasteiger partial charge in [-0.2, -0.15) is 0 Å². The molecule has 1 N–H and O–H groups in total. The smallest absolute Gasteiger partial charge is 0.224 e. The van der Waals surface area contributed by atoms with E-state index in [1.54, 1.807) is 0 Å². The molecule has 0 bridgehead atoms. The zero-order valence-electron chi connectivity index (χ0n) is 11.7. The number of anilines is 1. The fourth-order valence-corrected chi connectivity index (χ4v) is 2.21. The van der Waals surface area contributed by atoms with Gasteiger partial charge in [0.1, 0.15) is 0 Å². The van der Waals surface area contributed by atoms with E-state index in [1.165, 1.54) is 5.56 Å². The van der Waals surface area contributed by atoms with Crippen molar-refractivity contribution in [3.8, 4) is 0 Å². The minimum atomic E-state index is 0.558. The second kappa shape index (κ2) is 5.63. The number of nitrogens with one attached hydrogen (secondary N) is 1. The van der Waals surface area contributed by atoms with E-state index in [-0.39, 0.29) is 0 Å². The molecule has 2 unspecified atom stereocenters. The number of aromatic nitrogens is 2. The maximum absolute atomic E-state index is 4.36. The van der Waals surface area contributed by atoms with Crippen LogP contribution in [0.1, 0.15) is 19.4 Å². The molecule has 1 saturated heterocycles. The summed E-state index contributed by atoms with van der Waals surface area (Å²) in [6.45, 7) is 7.55. The summed E-state index contributed by atoms with van der Waals surface area (Å²) in [6, 6.07) is 1.12. The zero-order valence-corrected chi connectivity index (χ0v) is 11.7. The van der Waals surface area contributed by atoms with E-state index in [4.69, 9.17) is 0 Å². The molecule has 0 saturated carbocycles. The first-order valence-electron chi connectivity index (χ1n) is 6.52. The molecule has 1 aliphatic heterocycles. The third kappa shape index (κ3) is 3.17. The van der Waals surface area contributed by atoms with E-state index in [1.807, 2.05) is 31.4 Å². The summed E-state index contributed by atoms with van der Waals surface area (Å²) >= 11 is 0. The van der Waals surface area contributed by atoms with Crippen LogP contribution in [-0.4, -0.2) is 54.1 Å². The maximum Gasteiger partial charge on any atom is 0.224 e. The van der Waals surface area contributed by atoms with Gasteiger partial charge in [-0.05, 0) is 13.8 Å². The quantitative estimate of drug-likeness (QED) is 0.855. The Kier molecular flexibility index (Phi) is 4.14. The summed E-state index contributed by atoms with van der Waals surface area (Å²) in [5, 5.41) is 3.49. The second-order valence-electron chi connectivity index (χ2n) is 5.37. The van der Waals surface area contributed by atoms with Gasteiger partial charge in [-0.15, -0.1) is 0 Å². The van der Waals surface area contributed by atoms with Crippen LogP contribution in [-0.2, 0) is 6.54 Å². The molecule has 1 aromatic heterocycles. The third-order valence-electron chi connectivity index (χ3n) is 3.37. The summed E-state index contributed by atoms with van der Waals surface area (Å²) < 4.78 is 0. The SMILES string of the molecule is CC1CN(Cc2cnc(N(C)C)nc2)C(C)CN1. The number of hydrogen-bond donors (Lipinski definition) is 1. The van der Waals surface area contributed by atoms with Crippen molar-refractivity contribution in [1.29, 1.82) is 0 Å². The van der Waals surface area contributed by atoms with Gasteiger partial charge in [0.2, 0.25) is 5.95 Å². The van der Waals surface area contributed by atoms with Crippen LogP contribution < -0.4 is 10.2 Å². The van der Waals surface area contributed by atoms with E-state index < -0.39 is 0 Å². The van der Waals surface area contributed by atoms with Gasteiger partial charge in [0.05, 0.1) is 0 Å². The molecule has 2 heterocycles. The van der Waals surface area contributed by atoms with E-state index in [9.17, 15) is 0 Å². The molecule has 0 aromatic carbocycles. The molecule has 2 atom stereocenters. The predicted octanol–water partition coefficient (Wildman–Crippen LogP) is 0.725. The van der Waals surface area contributed by atoms with E-state index >= 15 is 0 Å². The first-order chi connectivity index (χ1) is 8.56. The van der Waals surface area contributed by atoms with Gasteiger partial charge < -0.3 is 10.2 Å². The average Bonchev–Trinajstić information content (AvgIpc) is 2.34. The minimum absolute atomic E-state index is 0.558. The van der Waals surface area contributed by atoms with Crippen LogP contribution in [0.4, 0.5) is 5.95 Å². The van der Waals surface area contributed by atoms with Crippen molar-refractivity contribution < 1.29 is 0 Å². The molecule has 1 aliphatic rings. The molecule has 5 nitrogen and oxygen atoms in total. The number of nitrogens with zero attached hydrogens (tertiary/aromatic N) is 4. The first-order valence-corrected chi connectivity index (χ1v) is 6.52. The molecule has 18 heavy (non-hydrogen) atoms. The average molecular weight is 249 g/mol. The van der Waals surface area contributed by atoms with Crippen molar-refractivity contribution in [3.63, 3.8) is 0 Å². The van der Waals surface area contributed by atoms with Gasteiger partial charge >= 0.3 is 0 Å². The van der Waals surface area contributed by atoms with Crippen LogP contribution in [0, 0.1) is 0 Å². The Morgan fingerprint density at radius 3 is 2.61 bits per heavy atom. The minimum Gasteiger partial charge on any atom is -0.347 e. The molecule has 1 fully saturated rings. The highest BCUT2D eigenvalue weighted by molar-refractivity contribution is 5.26. The van der Waals surface area contributed by atoms with E-state index in [2.05, 4.69) is 34.0 Å². The van der Waals surface area contributed by atoms with Crippen molar-refractivity contribution >= 4 is 5.95 Å². The lowest BCUT2D eigenvalue weighted by Gasteiger charge is -2.37. The Bertz CT molecular complexity index is 375. The lowest BCUT2D eigenvalue weighted by atomic mass is 10.1. The molecule has 0 aliphatic carbocycles. The highest BCUT2D eigenvalue weighted by Crippen LogP contribution is 2.12. The summed E-state index contributed by atoms with van der Waals surface area (Å²) in [5.74, 6) is 0.764. The van der Waals surface area contributed by atoms with Crippen molar-refractivity contribution in [2.45, 2.75) is 32.5 Å². The summed E-state index contributed by atoms with van der Waals surface area (Å²) in [5.41, 5.74) is 1.18. The number of hydrogen-bond acceptors (Lipinski definition) is 5. The van der Waals surface area contributed by atoms with Gasteiger partial charge in [-0.1, -0.05) is 0 Å². The summed E-state index contributed by atoms with van der Waals surface area (Å²) in [7, 11) is 3.91. The second-order valence-corrected chi connectivity index (χ2v) is 5.37. The fourth-order valence-electron chi connectivity index (χ4n) is 2.21. The normalized spacial score (nSPS) is 25.1. The molecular weight excluding hydrogens is 226 g/mol. The van der Waals surface area contributed by atoms with E-state index in [0.717, 1.165) is 25.6 Å². The van der Waals surface area contributed by atoms with Gasteiger partial charge in [0.25, 0.3) is 0 Å². The zero-order chi connectivity index (χ0) is 13.1. The highest BCUT2D eigenvalue weighted by Gasteiger charge is 2.22. The number of piperazine rings is 1. The molecular formula is C13H23N5. The van der Waals surface area contributed by atoms with Crippen LogP contribution in [0.2, 0.25) is 0 Å². The van der Waals surface area contributed by atoms with Crippen LogP contribution >= 0.6 is 0 Å². The Hall–Kier alpha value is -1.20. The molecule has 0 spiro atoms. The lowest BCUT2D eigenvalue weighted by Crippen LogP contribution is -2.53. The number of rotatable bonds is 3. The lowest BCUT2D eigenvalue weighted by molar-refractivity contribution is 0.138. The monoisotopic (exact) mass is 249 g/mol. The van der Waals surface area contributed by atoms with Crippen molar-refractivity contribution in [2.75, 3.05) is 32.1 Å². The van der Waals surface area contributed by atoms with E-state index in [0.29, 0.717) is 12.1 Å². The molecule has 100 valence electrons. The molecule has 2 rings (SSSR count). The fraction of sp³-hybridized carbons (Fsp3) is 0.692. The first kappa shape index (κ1) is 13.2. The molecule has 5 heteroatoms. The Labute approximate surface area is 109 Å². The van der Waals surface area contributed by atoms with Crippen molar-refractivity contribution in [1.82, 2.24) is 20.2 Å². The van der Waals surface area contributed by atoms with Gasteiger partial charge in [-0.3, -0.25) is 4.90 Å². The van der Waals surface area contributed by atoms with Gasteiger partial charge in [0, 0.05) is 63.8 Å². The Morgan fingerprint density at radius 1 is 1.33 bits per heavy atom. The van der Waals surface area contributed by atoms with Gasteiger partial charge in [0.15, 0.2) is 0 Å². The topological polar surface area (TPSA) is 44.3 Å².